The van der Waals surface area contributed by atoms with E-state index >= 15 is 0 Å². The van der Waals surface area contributed by atoms with Gasteiger partial charge in [0.2, 0.25) is 0 Å². The molecule has 2 nitrogen and oxygen atoms in total. The fraction of sp³-hybridized carbons (Fsp3) is 0.200. The summed E-state index contributed by atoms with van der Waals surface area (Å²) in [4.78, 5) is 0. The highest BCUT2D eigenvalue weighted by Gasteiger charge is 2.15. The van der Waals surface area contributed by atoms with E-state index in [4.69, 9.17) is 10.5 Å². The maximum absolute atomic E-state index is 6.30. The molecule has 1 aliphatic heterocycles. The van der Waals surface area contributed by atoms with Crippen molar-refractivity contribution in [2.24, 2.45) is 5.73 Å². The number of nitrogens with two attached hydrogens (primary N) is 1. The zero-order valence-corrected chi connectivity index (χ0v) is 11.5. The lowest BCUT2D eigenvalue weighted by Gasteiger charge is -2.13. The van der Waals surface area contributed by atoms with Crippen LogP contribution in [0.3, 0.4) is 0 Å². The van der Waals surface area contributed by atoms with Gasteiger partial charge >= 0.3 is 0 Å². The third kappa shape index (κ3) is 2.16. The quantitative estimate of drug-likeness (QED) is 0.922. The molecular weight excluding hydrogens is 290 g/mol. The molecule has 0 spiro atoms. The summed E-state index contributed by atoms with van der Waals surface area (Å²) in [6.07, 6.45) is 0.982. The van der Waals surface area contributed by atoms with Crippen LogP contribution in [-0.4, -0.2) is 6.61 Å². The van der Waals surface area contributed by atoms with Gasteiger partial charge in [-0.05, 0) is 34.9 Å². The van der Waals surface area contributed by atoms with Crippen LogP contribution in [0.2, 0.25) is 0 Å². The van der Waals surface area contributed by atoms with Gasteiger partial charge in [-0.2, -0.15) is 0 Å². The van der Waals surface area contributed by atoms with Crippen LogP contribution < -0.4 is 10.5 Å². The van der Waals surface area contributed by atoms with Crippen molar-refractivity contribution in [3.05, 3.63) is 63.6 Å². The fourth-order valence-corrected chi connectivity index (χ4v) is 2.53. The molecule has 18 heavy (non-hydrogen) atoms. The van der Waals surface area contributed by atoms with Crippen LogP contribution in [0.5, 0.6) is 5.75 Å². The van der Waals surface area contributed by atoms with Crippen LogP contribution in [0.4, 0.5) is 0 Å². The molecule has 0 fully saturated rings. The summed E-state index contributed by atoms with van der Waals surface area (Å²) in [6, 6.07) is 14.3. The monoisotopic (exact) mass is 303 g/mol. The molecule has 1 heterocycles. The molecule has 2 aromatic carbocycles. The van der Waals surface area contributed by atoms with Gasteiger partial charge in [-0.25, -0.2) is 0 Å². The Hall–Kier alpha value is -1.32. The lowest BCUT2D eigenvalue weighted by molar-refractivity contribution is 0.357. The number of halogens is 1. The van der Waals surface area contributed by atoms with Crippen molar-refractivity contribution in [3.8, 4) is 5.75 Å². The van der Waals surface area contributed by atoms with Gasteiger partial charge in [-0.15, -0.1) is 0 Å². The lowest BCUT2D eigenvalue weighted by Crippen LogP contribution is -2.11. The summed E-state index contributed by atoms with van der Waals surface area (Å²) >= 11 is 3.43. The molecule has 0 bridgehead atoms. The molecule has 92 valence electrons. The van der Waals surface area contributed by atoms with Gasteiger partial charge in [0.1, 0.15) is 5.75 Å². The third-order valence-corrected chi connectivity index (χ3v) is 3.83. The first-order valence-electron chi connectivity index (χ1n) is 6.01. The summed E-state index contributed by atoms with van der Waals surface area (Å²) in [5.41, 5.74) is 9.83. The van der Waals surface area contributed by atoms with Crippen LogP contribution in [0.15, 0.2) is 46.9 Å². The van der Waals surface area contributed by atoms with Crippen LogP contribution >= 0.6 is 15.9 Å². The molecule has 1 unspecified atom stereocenters. The summed E-state index contributed by atoms with van der Waals surface area (Å²) in [6.45, 7) is 0.784. The Kier molecular flexibility index (Phi) is 3.10. The van der Waals surface area contributed by atoms with Crippen LogP contribution in [0, 0.1) is 0 Å². The van der Waals surface area contributed by atoms with Gasteiger partial charge in [-0.1, -0.05) is 40.2 Å². The van der Waals surface area contributed by atoms with Gasteiger partial charge in [0.15, 0.2) is 0 Å². The number of rotatable bonds is 2. The van der Waals surface area contributed by atoms with Gasteiger partial charge in [0.25, 0.3) is 0 Å². The van der Waals surface area contributed by atoms with Gasteiger partial charge in [0.05, 0.1) is 12.6 Å². The van der Waals surface area contributed by atoms with E-state index in [-0.39, 0.29) is 6.04 Å². The van der Waals surface area contributed by atoms with Crippen LogP contribution in [-0.2, 0) is 6.42 Å². The first-order chi connectivity index (χ1) is 8.74. The van der Waals surface area contributed by atoms with Crippen molar-refractivity contribution in [2.75, 3.05) is 6.61 Å². The van der Waals surface area contributed by atoms with Crippen molar-refractivity contribution < 1.29 is 4.74 Å². The Labute approximate surface area is 115 Å². The second-order valence-corrected chi connectivity index (χ2v) is 5.41. The summed E-state index contributed by atoms with van der Waals surface area (Å²) in [5.74, 6) is 1.00. The highest BCUT2D eigenvalue weighted by molar-refractivity contribution is 9.10. The maximum atomic E-state index is 6.30. The fourth-order valence-electron chi connectivity index (χ4n) is 2.26. The second kappa shape index (κ2) is 4.75. The molecule has 3 heteroatoms. The Bertz CT molecular complexity index is 565. The number of hydrogen-bond acceptors (Lipinski definition) is 2. The van der Waals surface area contributed by atoms with E-state index in [0.717, 1.165) is 34.4 Å². The molecule has 0 aliphatic carbocycles. The Morgan fingerprint density at radius 1 is 1.06 bits per heavy atom. The summed E-state index contributed by atoms with van der Waals surface area (Å²) in [5, 5.41) is 0. The highest BCUT2D eigenvalue weighted by Crippen LogP contribution is 2.29. The first kappa shape index (κ1) is 11.8. The smallest absolute Gasteiger partial charge is 0.122 e. The molecule has 3 rings (SSSR count). The van der Waals surface area contributed by atoms with Crippen LogP contribution in [0.25, 0.3) is 0 Å². The molecule has 1 atom stereocenters. The largest absolute Gasteiger partial charge is 0.493 e. The number of ether oxygens (including phenoxy) is 1. The standard InChI is InChI=1S/C15H14BrNO/c16-13-4-1-10(2-5-13)15(17)12-3-6-14-11(9-12)7-8-18-14/h1-6,9,15H,7-8,17H2. The zero-order valence-electron chi connectivity index (χ0n) is 9.90. The number of benzene rings is 2. The van der Waals surface area contributed by atoms with Gasteiger partial charge in [0, 0.05) is 10.9 Å². The van der Waals surface area contributed by atoms with Crippen molar-refractivity contribution in [3.63, 3.8) is 0 Å². The van der Waals surface area contributed by atoms with E-state index in [1.54, 1.807) is 0 Å². The predicted molar refractivity (Wildman–Crippen MR) is 75.8 cm³/mol. The summed E-state index contributed by atoms with van der Waals surface area (Å²) in [7, 11) is 0. The van der Waals surface area contributed by atoms with E-state index in [2.05, 4.69) is 40.2 Å². The van der Waals surface area contributed by atoms with Crippen molar-refractivity contribution in [1.29, 1.82) is 0 Å². The van der Waals surface area contributed by atoms with E-state index in [9.17, 15) is 0 Å². The van der Waals surface area contributed by atoms with E-state index in [1.807, 2.05) is 18.2 Å². The van der Waals surface area contributed by atoms with E-state index in [1.165, 1.54) is 5.56 Å². The van der Waals surface area contributed by atoms with Crippen molar-refractivity contribution in [1.82, 2.24) is 0 Å². The molecule has 0 aromatic heterocycles. The summed E-state index contributed by atoms with van der Waals surface area (Å²) < 4.78 is 6.58. The van der Waals surface area contributed by atoms with Gasteiger partial charge in [-0.3, -0.25) is 0 Å². The Morgan fingerprint density at radius 3 is 2.56 bits per heavy atom. The van der Waals surface area contributed by atoms with E-state index < -0.39 is 0 Å². The van der Waals surface area contributed by atoms with Crippen LogP contribution in [0.1, 0.15) is 22.7 Å². The second-order valence-electron chi connectivity index (χ2n) is 4.49. The normalized spacial score (nSPS) is 15.0. The average molecular weight is 304 g/mol. The van der Waals surface area contributed by atoms with Gasteiger partial charge < -0.3 is 10.5 Å². The van der Waals surface area contributed by atoms with Crippen molar-refractivity contribution >= 4 is 15.9 Å². The SMILES string of the molecule is NC(c1ccc(Br)cc1)c1ccc2c(c1)CCO2. The molecule has 0 saturated carbocycles. The minimum atomic E-state index is -0.0796. The first-order valence-corrected chi connectivity index (χ1v) is 6.80. The number of hydrogen-bond donors (Lipinski definition) is 1. The van der Waals surface area contributed by atoms with Crippen molar-refractivity contribution in [2.45, 2.75) is 12.5 Å². The highest BCUT2D eigenvalue weighted by atomic mass is 79.9. The Morgan fingerprint density at radius 2 is 1.78 bits per heavy atom. The minimum Gasteiger partial charge on any atom is -0.493 e. The molecular formula is C15H14BrNO. The lowest BCUT2D eigenvalue weighted by atomic mass is 9.97. The third-order valence-electron chi connectivity index (χ3n) is 3.30. The Balaban J connectivity index is 1.92. The zero-order chi connectivity index (χ0) is 12.5. The van der Waals surface area contributed by atoms with E-state index in [0.29, 0.717) is 0 Å². The maximum Gasteiger partial charge on any atom is 0.122 e. The molecule has 0 amide bonds. The molecule has 0 saturated heterocycles. The topological polar surface area (TPSA) is 35.2 Å². The molecule has 2 N–H and O–H groups in total. The predicted octanol–water partition coefficient (Wildman–Crippen LogP) is 3.43. The average Bonchev–Trinajstić information content (AvgIpc) is 2.86. The molecule has 1 aliphatic rings. The minimum absolute atomic E-state index is 0.0796. The molecule has 0 radical (unpaired) electrons. The number of fused-ring (bicyclic) bond motifs is 1. The molecule has 2 aromatic rings.